The van der Waals surface area contributed by atoms with Gasteiger partial charge in [-0.1, -0.05) is 37.6 Å². The Kier molecular flexibility index (Phi) is 4.82. The summed E-state index contributed by atoms with van der Waals surface area (Å²) in [5, 5.41) is 0.791. The minimum absolute atomic E-state index is 0.0559. The number of rotatable bonds is 5. The molecule has 0 fully saturated rings. The fraction of sp³-hybridized carbons (Fsp3) is 0.600. The van der Waals surface area contributed by atoms with E-state index in [0.29, 0.717) is 0 Å². The maximum absolute atomic E-state index is 6.23. The zero-order valence-corrected chi connectivity index (χ0v) is 12.9. The molecule has 0 heterocycles. The van der Waals surface area contributed by atoms with Gasteiger partial charge in [0, 0.05) is 23.7 Å². The van der Waals surface area contributed by atoms with Gasteiger partial charge in [0.15, 0.2) is 0 Å². The molecule has 1 rings (SSSR count). The third kappa shape index (κ3) is 4.27. The van der Waals surface area contributed by atoms with E-state index in [1.54, 1.807) is 0 Å². The molecule has 0 unspecified atom stereocenters. The molecular weight excluding hydrogens is 244 g/mol. The van der Waals surface area contributed by atoms with Crippen molar-refractivity contribution in [3.05, 3.63) is 34.9 Å². The molecule has 0 aromatic heterocycles. The fourth-order valence-corrected chi connectivity index (χ4v) is 2.09. The van der Waals surface area contributed by atoms with E-state index in [1.807, 2.05) is 18.2 Å². The average molecular weight is 269 g/mol. The summed E-state index contributed by atoms with van der Waals surface area (Å²) in [7, 11) is 2.12. The lowest BCUT2D eigenvalue weighted by atomic mass is 9.75. The SMILES string of the molecule is CN(Cc1cccc(Cl)c1)CC(C)(C)C(C)(C)N. The van der Waals surface area contributed by atoms with Crippen LogP contribution in [0.25, 0.3) is 0 Å². The third-order valence-corrected chi connectivity index (χ3v) is 3.99. The Labute approximate surface area is 116 Å². The highest BCUT2D eigenvalue weighted by atomic mass is 35.5. The first-order chi connectivity index (χ1) is 8.12. The first-order valence-electron chi connectivity index (χ1n) is 6.34. The van der Waals surface area contributed by atoms with Crippen LogP contribution in [0.5, 0.6) is 0 Å². The van der Waals surface area contributed by atoms with Crippen molar-refractivity contribution >= 4 is 11.6 Å². The Bertz CT molecular complexity index is 394. The molecule has 102 valence electrons. The molecule has 2 nitrogen and oxygen atoms in total. The van der Waals surface area contributed by atoms with Crippen molar-refractivity contribution in [1.29, 1.82) is 0 Å². The predicted molar refractivity (Wildman–Crippen MR) is 79.8 cm³/mol. The summed E-state index contributed by atoms with van der Waals surface area (Å²) < 4.78 is 0. The summed E-state index contributed by atoms with van der Waals surface area (Å²) in [4.78, 5) is 2.29. The molecule has 0 radical (unpaired) electrons. The van der Waals surface area contributed by atoms with Crippen LogP contribution in [0.4, 0.5) is 0 Å². The number of halogens is 1. The molecule has 0 atom stereocenters. The maximum atomic E-state index is 6.23. The van der Waals surface area contributed by atoms with Crippen LogP contribution in [0.3, 0.4) is 0 Å². The summed E-state index contributed by atoms with van der Waals surface area (Å²) in [5.74, 6) is 0. The van der Waals surface area contributed by atoms with E-state index >= 15 is 0 Å². The van der Waals surface area contributed by atoms with E-state index in [0.717, 1.165) is 18.1 Å². The Morgan fingerprint density at radius 3 is 2.33 bits per heavy atom. The van der Waals surface area contributed by atoms with Crippen LogP contribution >= 0.6 is 11.6 Å². The predicted octanol–water partition coefficient (Wildman–Crippen LogP) is 3.54. The van der Waals surface area contributed by atoms with Crippen molar-refractivity contribution in [3.8, 4) is 0 Å². The number of hydrogen-bond donors (Lipinski definition) is 1. The Morgan fingerprint density at radius 2 is 1.83 bits per heavy atom. The molecule has 18 heavy (non-hydrogen) atoms. The van der Waals surface area contributed by atoms with Crippen LogP contribution in [0, 0.1) is 5.41 Å². The van der Waals surface area contributed by atoms with Crippen LogP contribution in [0.15, 0.2) is 24.3 Å². The van der Waals surface area contributed by atoms with Gasteiger partial charge in [-0.2, -0.15) is 0 Å². The van der Waals surface area contributed by atoms with Crippen molar-refractivity contribution in [2.45, 2.75) is 39.8 Å². The van der Waals surface area contributed by atoms with E-state index in [1.165, 1.54) is 5.56 Å². The summed E-state index contributed by atoms with van der Waals surface area (Å²) in [6.45, 7) is 10.4. The van der Waals surface area contributed by atoms with Crippen LogP contribution in [0.1, 0.15) is 33.3 Å². The quantitative estimate of drug-likeness (QED) is 0.885. The summed E-state index contributed by atoms with van der Waals surface area (Å²) in [6.07, 6.45) is 0. The van der Waals surface area contributed by atoms with Gasteiger partial charge in [-0.15, -0.1) is 0 Å². The largest absolute Gasteiger partial charge is 0.325 e. The topological polar surface area (TPSA) is 29.3 Å². The lowest BCUT2D eigenvalue weighted by Crippen LogP contribution is -2.52. The highest BCUT2D eigenvalue weighted by Gasteiger charge is 2.34. The molecule has 3 heteroatoms. The number of benzene rings is 1. The maximum Gasteiger partial charge on any atom is 0.0409 e. The molecule has 1 aromatic rings. The molecule has 0 amide bonds. The molecule has 0 spiro atoms. The smallest absolute Gasteiger partial charge is 0.0409 e. The summed E-state index contributed by atoms with van der Waals surface area (Å²) in [6, 6.07) is 8.00. The summed E-state index contributed by atoms with van der Waals surface area (Å²) in [5.41, 5.74) is 7.32. The monoisotopic (exact) mass is 268 g/mol. The van der Waals surface area contributed by atoms with Crippen LogP contribution in [0.2, 0.25) is 5.02 Å². The lowest BCUT2D eigenvalue weighted by Gasteiger charge is -2.41. The number of nitrogens with zero attached hydrogens (tertiary/aromatic N) is 1. The van der Waals surface area contributed by atoms with Gasteiger partial charge in [-0.05, 0) is 44.0 Å². The minimum atomic E-state index is -0.199. The van der Waals surface area contributed by atoms with Gasteiger partial charge in [0.2, 0.25) is 0 Å². The molecule has 0 saturated carbocycles. The Morgan fingerprint density at radius 1 is 1.22 bits per heavy atom. The van der Waals surface area contributed by atoms with E-state index < -0.39 is 0 Å². The second-order valence-corrected chi connectivity index (χ2v) is 6.84. The zero-order chi connectivity index (χ0) is 14.0. The normalized spacial score (nSPS) is 13.1. The highest BCUT2D eigenvalue weighted by Crippen LogP contribution is 2.29. The molecule has 0 bridgehead atoms. The van der Waals surface area contributed by atoms with Gasteiger partial charge in [0.25, 0.3) is 0 Å². The van der Waals surface area contributed by atoms with Crippen molar-refractivity contribution in [3.63, 3.8) is 0 Å². The van der Waals surface area contributed by atoms with Gasteiger partial charge >= 0.3 is 0 Å². The van der Waals surface area contributed by atoms with E-state index in [9.17, 15) is 0 Å². The van der Waals surface area contributed by atoms with Crippen molar-refractivity contribution in [1.82, 2.24) is 4.90 Å². The molecule has 0 aliphatic carbocycles. The standard InChI is InChI=1S/C15H25ClN2/c1-14(2,15(3,4)17)11-18(5)10-12-7-6-8-13(16)9-12/h6-9H,10-11,17H2,1-5H3. The minimum Gasteiger partial charge on any atom is -0.325 e. The van der Waals surface area contributed by atoms with Gasteiger partial charge in [-0.3, -0.25) is 0 Å². The second-order valence-electron chi connectivity index (χ2n) is 6.41. The first-order valence-corrected chi connectivity index (χ1v) is 6.71. The molecule has 2 N–H and O–H groups in total. The van der Waals surface area contributed by atoms with Gasteiger partial charge < -0.3 is 10.6 Å². The van der Waals surface area contributed by atoms with Crippen molar-refractivity contribution in [2.75, 3.05) is 13.6 Å². The van der Waals surface area contributed by atoms with Gasteiger partial charge in [0.05, 0.1) is 0 Å². The van der Waals surface area contributed by atoms with Crippen LogP contribution in [-0.2, 0) is 6.54 Å². The van der Waals surface area contributed by atoms with E-state index in [-0.39, 0.29) is 11.0 Å². The fourth-order valence-electron chi connectivity index (χ4n) is 1.88. The summed E-state index contributed by atoms with van der Waals surface area (Å²) >= 11 is 6.00. The van der Waals surface area contributed by atoms with Gasteiger partial charge in [0.1, 0.15) is 0 Å². The number of hydrogen-bond acceptors (Lipinski definition) is 2. The first kappa shape index (κ1) is 15.5. The van der Waals surface area contributed by atoms with E-state index in [4.69, 9.17) is 17.3 Å². The second kappa shape index (κ2) is 5.60. The molecule has 1 aromatic carbocycles. The van der Waals surface area contributed by atoms with Crippen molar-refractivity contribution in [2.24, 2.45) is 11.1 Å². The Balaban J connectivity index is 2.65. The molecule has 0 aliphatic rings. The van der Waals surface area contributed by atoms with E-state index in [2.05, 4.69) is 45.7 Å². The van der Waals surface area contributed by atoms with Crippen LogP contribution in [-0.4, -0.2) is 24.0 Å². The number of nitrogens with two attached hydrogens (primary N) is 1. The highest BCUT2D eigenvalue weighted by molar-refractivity contribution is 6.30. The third-order valence-electron chi connectivity index (χ3n) is 3.75. The molecule has 0 aliphatic heterocycles. The molecular formula is C15H25ClN2. The zero-order valence-electron chi connectivity index (χ0n) is 12.1. The van der Waals surface area contributed by atoms with Crippen molar-refractivity contribution < 1.29 is 0 Å². The average Bonchev–Trinajstić information content (AvgIpc) is 2.14. The molecule has 0 saturated heterocycles. The van der Waals surface area contributed by atoms with Gasteiger partial charge in [-0.25, -0.2) is 0 Å². The Hall–Kier alpha value is -0.570. The van der Waals surface area contributed by atoms with Crippen LogP contribution < -0.4 is 5.73 Å². The lowest BCUT2D eigenvalue weighted by molar-refractivity contribution is 0.126.